The molecular weight excluding hydrogens is 384 g/mol. The van der Waals surface area contributed by atoms with Gasteiger partial charge in [-0.05, 0) is 12.8 Å². The molecule has 1 aliphatic carbocycles. The Hall–Kier alpha value is -2.39. The van der Waals surface area contributed by atoms with Crippen LogP contribution in [0.2, 0.25) is 0 Å². The minimum absolute atomic E-state index is 0.177. The van der Waals surface area contributed by atoms with Gasteiger partial charge in [-0.25, -0.2) is 9.97 Å². The maximum atomic E-state index is 12.9. The van der Waals surface area contributed by atoms with Gasteiger partial charge in [0.15, 0.2) is 0 Å². The molecule has 0 radical (unpaired) electrons. The zero-order valence-corrected chi connectivity index (χ0v) is 17.8. The molecule has 0 bridgehead atoms. The van der Waals surface area contributed by atoms with E-state index in [0.717, 1.165) is 25.1 Å². The van der Waals surface area contributed by atoms with Gasteiger partial charge in [-0.2, -0.15) is 4.98 Å². The molecule has 9 nitrogen and oxygen atoms in total. The van der Waals surface area contributed by atoms with Crippen molar-refractivity contribution < 1.29 is 14.1 Å². The number of hydrogen-bond acceptors (Lipinski definition) is 8. The SMILES string of the molecule is CCc1nc(-c2cncnc2[C@H]2CN(CC(=O)N(C)C3CCCCC3)CCO2)no1. The predicted octanol–water partition coefficient (Wildman–Crippen LogP) is 2.25. The van der Waals surface area contributed by atoms with Gasteiger partial charge in [0.2, 0.25) is 17.6 Å². The Morgan fingerprint density at radius 1 is 1.30 bits per heavy atom. The van der Waals surface area contributed by atoms with Crippen LogP contribution in [0, 0.1) is 0 Å². The van der Waals surface area contributed by atoms with Gasteiger partial charge in [0.1, 0.15) is 12.4 Å². The number of rotatable bonds is 6. The Kier molecular flexibility index (Phi) is 6.69. The first-order valence-corrected chi connectivity index (χ1v) is 10.9. The average molecular weight is 415 g/mol. The molecule has 30 heavy (non-hydrogen) atoms. The van der Waals surface area contributed by atoms with E-state index in [4.69, 9.17) is 9.26 Å². The van der Waals surface area contributed by atoms with Crippen LogP contribution in [0.4, 0.5) is 0 Å². The molecule has 2 aromatic heterocycles. The van der Waals surface area contributed by atoms with E-state index >= 15 is 0 Å². The highest BCUT2D eigenvalue weighted by Crippen LogP contribution is 2.29. The maximum Gasteiger partial charge on any atom is 0.236 e. The van der Waals surface area contributed by atoms with Crippen LogP contribution in [0.25, 0.3) is 11.4 Å². The molecule has 0 spiro atoms. The van der Waals surface area contributed by atoms with Crippen molar-refractivity contribution in [2.45, 2.75) is 57.6 Å². The van der Waals surface area contributed by atoms with Crippen LogP contribution in [0.15, 0.2) is 17.0 Å². The summed E-state index contributed by atoms with van der Waals surface area (Å²) in [4.78, 5) is 30.0. The molecule has 2 aliphatic rings. The van der Waals surface area contributed by atoms with E-state index in [1.807, 2.05) is 18.9 Å². The number of carbonyl (C=O) groups is 1. The fourth-order valence-corrected chi connectivity index (χ4v) is 4.26. The standard InChI is InChI=1S/C21H30N6O3/c1-3-18-24-21(25-30-18)16-11-22-14-23-20(16)17-12-27(9-10-29-17)13-19(28)26(2)15-7-5-4-6-8-15/h11,14-15,17H,3-10,12-13H2,1-2H3/t17-/m1/s1. The summed E-state index contributed by atoms with van der Waals surface area (Å²) >= 11 is 0. The Morgan fingerprint density at radius 3 is 2.90 bits per heavy atom. The topological polar surface area (TPSA) is 97.5 Å². The van der Waals surface area contributed by atoms with Crippen molar-refractivity contribution in [2.24, 2.45) is 0 Å². The van der Waals surface area contributed by atoms with Gasteiger partial charge >= 0.3 is 0 Å². The molecule has 162 valence electrons. The highest BCUT2D eigenvalue weighted by Gasteiger charge is 2.30. The fraction of sp³-hybridized carbons (Fsp3) is 0.667. The van der Waals surface area contributed by atoms with E-state index in [1.165, 1.54) is 25.6 Å². The van der Waals surface area contributed by atoms with E-state index in [-0.39, 0.29) is 12.0 Å². The highest BCUT2D eigenvalue weighted by atomic mass is 16.5. The lowest BCUT2D eigenvalue weighted by atomic mass is 9.94. The van der Waals surface area contributed by atoms with Crippen molar-refractivity contribution in [3.05, 3.63) is 24.1 Å². The van der Waals surface area contributed by atoms with Crippen LogP contribution < -0.4 is 0 Å². The summed E-state index contributed by atoms with van der Waals surface area (Å²) in [6, 6.07) is 0.377. The van der Waals surface area contributed by atoms with E-state index in [0.29, 0.717) is 49.4 Å². The number of aryl methyl sites for hydroxylation is 1. The Bertz CT molecular complexity index is 851. The van der Waals surface area contributed by atoms with Crippen molar-refractivity contribution >= 4 is 5.91 Å². The van der Waals surface area contributed by atoms with Crippen LogP contribution in [-0.4, -0.2) is 75.1 Å². The third kappa shape index (κ3) is 4.67. The number of amides is 1. The molecule has 0 N–H and O–H groups in total. The van der Waals surface area contributed by atoms with Crippen LogP contribution in [0.5, 0.6) is 0 Å². The second kappa shape index (κ2) is 9.61. The lowest BCUT2D eigenvalue weighted by molar-refractivity contribution is -0.135. The van der Waals surface area contributed by atoms with E-state index in [2.05, 4.69) is 25.0 Å². The van der Waals surface area contributed by atoms with Crippen molar-refractivity contribution in [2.75, 3.05) is 33.3 Å². The van der Waals surface area contributed by atoms with Crippen molar-refractivity contribution in [3.8, 4) is 11.4 Å². The molecule has 2 fully saturated rings. The first kappa shape index (κ1) is 20.9. The summed E-state index contributed by atoms with van der Waals surface area (Å²) in [7, 11) is 1.94. The molecule has 3 heterocycles. The molecule has 4 rings (SSSR count). The van der Waals surface area contributed by atoms with Gasteiger partial charge in [0, 0.05) is 38.8 Å². The van der Waals surface area contributed by atoms with Gasteiger partial charge in [-0.15, -0.1) is 0 Å². The summed E-state index contributed by atoms with van der Waals surface area (Å²) < 4.78 is 11.3. The second-order valence-corrected chi connectivity index (χ2v) is 8.08. The Balaban J connectivity index is 1.43. The van der Waals surface area contributed by atoms with E-state index in [9.17, 15) is 4.79 Å². The van der Waals surface area contributed by atoms with Crippen molar-refractivity contribution in [1.82, 2.24) is 29.9 Å². The van der Waals surface area contributed by atoms with Gasteiger partial charge in [0.25, 0.3) is 0 Å². The molecule has 1 aliphatic heterocycles. The van der Waals surface area contributed by atoms with Crippen LogP contribution in [0.1, 0.15) is 56.7 Å². The number of carbonyl (C=O) groups excluding carboxylic acids is 1. The van der Waals surface area contributed by atoms with E-state index in [1.54, 1.807) is 6.20 Å². The highest BCUT2D eigenvalue weighted by molar-refractivity contribution is 5.78. The van der Waals surface area contributed by atoms with Crippen LogP contribution >= 0.6 is 0 Å². The number of morpholine rings is 1. The Labute approximate surface area is 176 Å². The maximum absolute atomic E-state index is 12.9. The lowest BCUT2D eigenvalue weighted by Crippen LogP contribution is -2.47. The number of ether oxygens (including phenoxy) is 1. The minimum Gasteiger partial charge on any atom is -0.369 e. The van der Waals surface area contributed by atoms with Crippen molar-refractivity contribution in [1.29, 1.82) is 0 Å². The number of aromatic nitrogens is 4. The smallest absolute Gasteiger partial charge is 0.236 e. The molecule has 0 aromatic carbocycles. The molecule has 0 unspecified atom stereocenters. The zero-order valence-electron chi connectivity index (χ0n) is 17.8. The van der Waals surface area contributed by atoms with Crippen LogP contribution in [0.3, 0.4) is 0 Å². The van der Waals surface area contributed by atoms with Gasteiger partial charge in [-0.3, -0.25) is 9.69 Å². The number of likely N-dealkylation sites (N-methyl/N-ethyl adjacent to an activating group) is 1. The second-order valence-electron chi connectivity index (χ2n) is 8.08. The largest absolute Gasteiger partial charge is 0.369 e. The molecule has 2 aromatic rings. The molecule has 1 amide bonds. The summed E-state index contributed by atoms with van der Waals surface area (Å²) in [5, 5.41) is 4.06. The van der Waals surface area contributed by atoms with Gasteiger partial charge in [-0.1, -0.05) is 31.3 Å². The first-order valence-electron chi connectivity index (χ1n) is 10.9. The first-order chi connectivity index (χ1) is 14.7. The average Bonchev–Trinajstić information content (AvgIpc) is 3.28. The summed E-state index contributed by atoms with van der Waals surface area (Å²) in [5.74, 6) is 1.22. The molecular formula is C21H30N6O3. The molecule has 1 saturated heterocycles. The van der Waals surface area contributed by atoms with Crippen LogP contribution in [-0.2, 0) is 16.0 Å². The van der Waals surface area contributed by atoms with E-state index < -0.39 is 0 Å². The third-order valence-electron chi connectivity index (χ3n) is 6.08. The molecule has 9 heteroatoms. The third-order valence-corrected chi connectivity index (χ3v) is 6.08. The zero-order chi connectivity index (χ0) is 20.9. The number of hydrogen-bond donors (Lipinski definition) is 0. The monoisotopic (exact) mass is 414 g/mol. The lowest BCUT2D eigenvalue weighted by Gasteiger charge is -2.36. The molecule has 1 atom stereocenters. The fourth-order valence-electron chi connectivity index (χ4n) is 4.26. The number of nitrogens with zero attached hydrogens (tertiary/aromatic N) is 6. The summed E-state index contributed by atoms with van der Waals surface area (Å²) in [6.07, 6.45) is 9.54. The summed E-state index contributed by atoms with van der Waals surface area (Å²) in [5.41, 5.74) is 1.43. The quantitative estimate of drug-likeness (QED) is 0.710. The van der Waals surface area contributed by atoms with Crippen molar-refractivity contribution in [3.63, 3.8) is 0 Å². The van der Waals surface area contributed by atoms with Gasteiger partial charge < -0.3 is 14.2 Å². The Morgan fingerprint density at radius 2 is 2.13 bits per heavy atom. The normalized spacial score (nSPS) is 20.9. The summed E-state index contributed by atoms with van der Waals surface area (Å²) in [6.45, 7) is 4.22. The molecule has 1 saturated carbocycles. The predicted molar refractivity (Wildman–Crippen MR) is 109 cm³/mol. The van der Waals surface area contributed by atoms with Gasteiger partial charge in [0.05, 0.1) is 24.4 Å². The minimum atomic E-state index is -0.270.